The molecule has 1 aromatic rings. The number of hydrogen-bond acceptors (Lipinski definition) is 4. The number of hydrogen-bond donors (Lipinski definition) is 1. The molecule has 0 unspecified atom stereocenters. The van der Waals surface area contributed by atoms with Crippen LogP contribution < -0.4 is 5.73 Å². The van der Waals surface area contributed by atoms with E-state index in [0.717, 1.165) is 0 Å². The fourth-order valence-electron chi connectivity index (χ4n) is 1.12. The summed E-state index contributed by atoms with van der Waals surface area (Å²) in [5.74, 6) is -1.01. The number of nitro benzene ring substituents is 1. The average Bonchev–Trinajstić information content (AvgIpc) is 2.19. The highest BCUT2D eigenvalue weighted by atomic mass is 35.5. The van der Waals surface area contributed by atoms with Gasteiger partial charge in [-0.15, -0.1) is 11.6 Å². The van der Waals surface area contributed by atoms with Gasteiger partial charge in [0, 0.05) is 5.69 Å². The highest BCUT2D eigenvalue weighted by Gasteiger charge is 2.25. The Kier molecular flexibility index (Phi) is 3.49. The summed E-state index contributed by atoms with van der Waals surface area (Å²) in [6.07, 6.45) is 0. The Balaban J connectivity index is 3.52. The molecule has 0 saturated heterocycles. The Morgan fingerprint density at radius 1 is 1.53 bits per heavy atom. The van der Waals surface area contributed by atoms with Gasteiger partial charge in [-0.05, 0) is 12.1 Å². The third-order valence-corrected chi connectivity index (χ3v) is 2.29. The topological polar surface area (TPSA) is 86.2 Å². The third kappa shape index (κ3) is 2.19. The predicted molar refractivity (Wildman–Crippen MR) is 57.6 cm³/mol. The number of anilines is 1. The van der Waals surface area contributed by atoms with Crippen LogP contribution in [0.1, 0.15) is 10.4 Å². The second-order valence-electron chi connectivity index (χ2n) is 2.67. The number of nitrogens with two attached hydrogens (primary N) is 1. The number of nitrogens with zero attached hydrogens (tertiary/aromatic N) is 1. The van der Waals surface area contributed by atoms with E-state index < -0.39 is 16.4 Å². The van der Waals surface area contributed by atoms with Gasteiger partial charge in [0.25, 0.3) is 0 Å². The first kappa shape index (κ1) is 11.7. The Labute approximate surface area is 94.9 Å². The first-order valence-electron chi connectivity index (χ1n) is 3.80. The van der Waals surface area contributed by atoms with Crippen LogP contribution in [0.25, 0.3) is 0 Å². The van der Waals surface area contributed by atoms with Crippen LogP contribution in [0.4, 0.5) is 11.4 Å². The Hall–Kier alpha value is -1.33. The number of benzene rings is 1. The van der Waals surface area contributed by atoms with Crippen LogP contribution in [0.2, 0.25) is 5.02 Å². The van der Waals surface area contributed by atoms with E-state index in [1.807, 2.05) is 0 Å². The van der Waals surface area contributed by atoms with Crippen molar-refractivity contribution in [3.8, 4) is 0 Å². The summed E-state index contributed by atoms with van der Waals surface area (Å²) in [7, 11) is 0. The third-order valence-electron chi connectivity index (χ3n) is 1.74. The summed E-state index contributed by atoms with van der Waals surface area (Å²) in [6, 6.07) is 2.59. The molecule has 0 fully saturated rings. The van der Waals surface area contributed by atoms with Gasteiger partial charge < -0.3 is 5.73 Å². The first-order valence-corrected chi connectivity index (χ1v) is 4.71. The number of nitrogen functional groups attached to an aromatic ring is 1. The minimum atomic E-state index is -0.752. The van der Waals surface area contributed by atoms with E-state index in [9.17, 15) is 14.9 Å². The number of Topliss-reactive ketones (excluding diaryl/α,β-unsaturated/α-hetero) is 1. The number of rotatable bonds is 3. The zero-order chi connectivity index (χ0) is 11.6. The summed E-state index contributed by atoms with van der Waals surface area (Å²) in [4.78, 5) is 21.3. The molecule has 0 aliphatic rings. The van der Waals surface area contributed by atoms with Crippen LogP contribution in [-0.4, -0.2) is 16.6 Å². The first-order chi connectivity index (χ1) is 6.99. The quantitative estimate of drug-likeness (QED) is 0.292. The molecular weight excluding hydrogens is 243 g/mol. The van der Waals surface area contributed by atoms with Crippen LogP contribution in [0.5, 0.6) is 0 Å². The van der Waals surface area contributed by atoms with Crippen molar-refractivity contribution in [3.05, 3.63) is 32.8 Å². The van der Waals surface area contributed by atoms with Crippen molar-refractivity contribution in [1.82, 2.24) is 0 Å². The molecule has 0 spiro atoms. The van der Waals surface area contributed by atoms with Crippen LogP contribution in [0, 0.1) is 10.1 Å². The van der Waals surface area contributed by atoms with Gasteiger partial charge in [-0.2, -0.15) is 0 Å². The minimum absolute atomic E-state index is 0.00301. The summed E-state index contributed by atoms with van der Waals surface area (Å²) >= 11 is 10.9. The van der Waals surface area contributed by atoms with E-state index in [1.54, 1.807) is 0 Å². The standard InChI is InChI=1S/C8H6Cl2N2O3/c9-3-6(13)7-5(11)2-1-4(10)8(7)12(14)15/h1-2H,3,11H2. The van der Waals surface area contributed by atoms with Gasteiger partial charge in [-0.3, -0.25) is 14.9 Å². The Morgan fingerprint density at radius 2 is 2.13 bits per heavy atom. The van der Waals surface area contributed by atoms with E-state index in [4.69, 9.17) is 28.9 Å². The molecular formula is C8H6Cl2N2O3. The number of carbonyl (C=O) groups is 1. The number of alkyl halides is 1. The lowest BCUT2D eigenvalue weighted by Gasteiger charge is -2.04. The van der Waals surface area contributed by atoms with Gasteiger partial charge in [0.2, 0.25) is 0 Å². The van der Waals surface area contributed by atoms with Gasteiger partial charge in [0.05, 0.1) is 10.8 Å². The Bertz CT molecular complexity index is 434. The van der Waals surface area contributed by atoms with Crippen molar-refractivity contribution in [3.63, 3.8) is 0 Å². The second-order valence-corrected chi connectivity index (χ2v) is 3.35. The van der Waals surface area contributed by atoms with E-state index in [2.05, 4.69) is 0 Å². The van der Waals surface area contributed by atoms with Crippen molar-refractivity contribution in [2.75, 3.05) is 11.6 Å². The molecule has 0 bridgehead atoms. The average molecular weight is 249 g/mol. The molecule has 7 heteroatoms. The lowest BCUT2D eigenvalue weighted by Crippen LogP contribution is -2.09. The summed E-state index contributed by atoms with van der Waals surface area (Å²) in [6.45, 7) is 0. The van der Waals surface area contributed by atoms with Gasteiger partial charge in [0.1, 0.15) is 10.6 Å². The molecule has 2 N–H and O–H groups in total. The van der Waals surface area contributed by atoms with Gasteiger partial charge in [-0.1, -0.05) is 11.6 Å². The summed E-state index contributed by atoms with van der Waals surface area (Å²) in [5.41, 5.74) is 4.73. The SMILES string of the molecule is Nc1ccc(Cl)c([N+](=O)[O-])c1C(=O)CCl. The van der Waals surface area contributed by atoms with Crippen LogP contribution >= 0.6 is 23.2 Å². The van der Waals surface area contributed by atoms with E-state index in [-0.39, 0.29) is 22.2 Å². The molecule has 15 heavy (non-hydrogen) atoms. The maximum Gasteiger partial charge on any atom is 0.300 e. The maximum absolute atomic E-state index is 11.3. The highest BCUT2D eigenvalue weighted by molar-refractivity contribution is 6.36. The van der Waals surface area contributed by atoms with E-state index in [1.165, 1.54) is 12.1 Å². The molecule has 0 aromatic heterocycles. The van der Waals surface area contributed by atoms with Crippen molar-refractivity contribution in [2.24, 2.45) is 0 Å². The summed E-state index contributed by atoms with van der Waals surface area (Å²) in [5, 5.41) is 10.5. The van der Waals surface area contributed by atoms with Crippen molar-refractivity contribution in [2.45, 2.75) is 0 Å². The number of carbonyl (C=O) groups excluding carboxylic acids is 1. The monoisotopic (exact) mass is 248 g/mol. The lowest BCUT2D eigenvalue weighted by atomic mass is 10.1. The fourth-order valence-corrected chi connectivity index (χ4v) is 1.48. The minimum Gasteiger partial charge on any atom is -0.398 e. The fraction of sp³-hybridized carbons (Fsp3) is 0.125. The van der Waals surface area contributed by atoms with Gasteiger partial charge >= 0.3 is 5.69 Å². The lowest BCUT2D eigenvalue weighted by molar-refractivity contribution is -0.384. The zero-order valence-corrected chi connectivity index (χ0v) is 8.88. The molecule has 0 aliphatic heterocycles. The summed E-state index contributed by atoms with van der Waals surface area (Å²) < 4.78 is 0. The number of ketones is 1. The zero-order valence-electron chi connectivity index (χ0n) is 7.37. The largest absolute Gasteiger partial charge is 0.398 e. The van der Waals surface area contributed by atoms with Crippen molar-refractivity contribution in [1.29, 1.82) is 0 Å². The molecule has 0 aliphatic carbocycles. The number of nitro groups is 1. The predicted octanol–water partition coefficient (Wildman–Crippen LogP) is 2.25. The van der Waals surface area contributed by atoms with Crippen LogP contribution in [0.3, 0.4) is 0 Å². The molecule has 5 nitrogen and oxygen atoms in total. The molecule has 0 heterocycles. The molecule has 0 amide bonds. The highest BCUT2D eigenvalue weighted by Crippen LogP contribution is 2.32. The smallest absolute Gasteiger partial charge is 0.300 e. The van der Waals surface area contributed by atoms with Crippen LogP contribution in [-0.2, 0) is 0 Å². The van der Waals surface area contributed by atoms with Gasteiger partial charge in [0.15, 0.2) is 5.78 Å². The normalized spacial score (nSPS) is 10.0. The molecule has 0 radical (unpaired) electrons. The molecule has 0 atom stereocenters. The Morgan fingerprint density at radius 3 is 2.60 bits per heavy atom. The van der Waals surface area contributed by atoms with Crippen molar-refractivity contribution >= 4 is 40.4 Å². The van der Waals surface area contributed by atoms with Crippen molar-refractivity contribution < 1.29 is 9.72 Å². The van der Waals surface area contributed by atoms with E-state index in [0.29, 0.717) is 0 Å². The molecule has 1 rings (SSSR count). The number of halogens is 2. The van der Waals surface area contributed by atoms with Crippen LogP contribution in [0.15, 0.2) is 12.1 Å². The maximum atomic E-state index is 11.3. The second kappa shape index (κ2) is 4.46. The van der Waals surface area contributed by atoms with E-state index >= 15 is 0 Å². The van der Waals surface area contributed by atoms with Gasteiger partial charge in [-0.25, -0.2) is 0 Å². The molecule has 0 saturated carbocycles. The molecule has 80 valence electrons. The molecule has 1 aromatic carbocycles.